The van der Waals surface area contributed by atoms with Crippen molar-refractivity contribution in [1.29, 1.82) is 0 Å². The Morgan fingerprint density at radius 3 is 2.20 bits per heavy atom. The van der Waals surface area contributed by atoms with Gasteiger partial charge >= 0.3 is 0 Å². The highest BCUT2D eigenvalue weighted by atomic mass is 32.2. The van der Waals surface area contributed by atoms with E-state index in [-0.39, 0.29) is 17.0 Å². The fourth-order valence-electron chi connectivity index (χ4n) is 3.45. The number of fused-ring (bicyclic) bond motifs is 5. The molecule has 4 nitrogen and oxygen atoms in total. The Hall–Kier alpha value is -1.72. The van der Waals surface area contributed by atoms with Crippen molar-refractivity contribution in [3.63, 3.8) is 0 Å². The number of hydrogen-bond acceptors (Lipinski definition) is 3. The van der Waals surface area contributed by atoms with Gasteiger partial charge in [0.1, 0.15) is 4.90 Å². The van der Waals surface area contributed by atoms with E-state index < -0.39 is 10.0 Å². The van der Waals surface area contributed by atoms with E-state index in [1.54, 1.807) is 22.6 Å². The molecule has 0 N–H and O–H groups in total. The molecule has 2 unspecified atom stereocenters. The molecule has 1 aromatic heterocycles. The molecular formula is C15H14N2O2S. The molecule has 3 heterocycles. The Morgan fingerprint density at radius 2 is 1.65 bits per heavy atom. The molecule has 1 aromatic carbocycles. The summed E-state index contributed by atoms with van der Waals surface area (Å²) < 4.78 is 27.4. The van der Waals surface area contributed by atoms with Crippen LogP contribution in [0.5, 0.6) is 0 Å². The van der Waals surface area contributed by atoms with Crippen molar-refractivity contribution < 1.29 is 8.42 Å². The number of pyridine rings is 1. The predicted octanol–water partition coefficient (Wildman–Crippen LogP) is 2.66. The van der Waals surface area contributed by atoms with Crippen LogP contribution in [0.4, 0.5) is 0 Å². The average Bonchev–Trinajstić information content (AvgIpc) is 3.06. The van der Waals surface area contributed by atoms with Crippen LogP contribution in [0, 0.1) is 0 Å². The van der Waals surface area contributed by atoms with Crippen LogP contribution in [-0.4, -0.2) is 17.7 Å². The number of sulfonamides is 1. The van der Waals surface area contributed by atoms with E-state index in [2.05, 4.69) is 4.98 Å². The van der Waals surface area contributed by atoms with Crippen LogP contribution >= 0.6 is 0 Å². The van der Waals surface area contributed by atoms with Gasteiger partial charge in [0.15, 0.2) is 0 Å². The van der Waals surface area contributed by atoms with Crippen LogP contribution in [0.25, 0.3) is 0 Å². The zero-order valence-corrected chi connectivity index (χ0v) is 11.6. The first-order valence-corrected chi connectivity index (χ1v) is 8.16. The third-order valence-corrected chi connectivity index (χ3v) is 6.15. The van der Waals surface area contributed by atoms with Crippen LogP contribution in [0.1, 0.15) is 36.1 Å². The first-order chi connectivity index (χ1) is 9.69. The van der Waals surface area contributed by atoms with Crippen molar-refractivity contribution >= 4 is 10.0 Å². The maximum Gasteiger partial charge on any atom is 0.245 e. The van der Waals surface area contributed by atoms with Gasteiger partial charge in [0.25, 0.3) is 0 Å². The van der Waals surface area contributed by atoms with Crippen molar-refractivity contribution in [3.05, 3.63) is 59.9 Å². The Kier molecular flexibility index (Phi) is 2.49. The minimum Gasteiger partial charge on any atom is -0.263 e. The molecule has 1 fully saturated rings. The molecule has 0 amide bonds. The minimum atomic E-state index is -3.47. The van der Waals surface area contributed by atoms with Crippen LogP contribution < -0.4 is 0 Å². The van der Waals surface area contributed by atoms with E-state index in [0.29, 0.717) is 0 Å². The van der Waals surface area contributed by atoms with Gasteiger partial charge in [-0.25, -0.2) is 8.42 Å². The van der Waals surface area contributed by atoms with Gasteiger partial charge in [-0.3, -0.25) is 4.98 Å². The van der Waals surface area contributed by atoms with Crippen LogP contribution in [0.2, 0.25) is 0 Å². The largest absolute Gasteiger partial charge is 0.263 e. The van der Waals surface area contributed by atoms with Crippen LogP contribution in [0.3, 0.4) is 0 Å². The maximum atomic E-state index is 12.8. The molecule has 2 aliphatic rings. The second-order valence-electron chi connectivity index (χ2n) is 5.26. The Labute approximate surface area is 118 Å². The zero-order chi connectivity index (χ0) is 13.7. The van der Waals surface area contributed by atoms with Gasteiger partial charge in [0, 0.05) is 12.4 Å². The van der Waals surface area contributed by atoms with Gasteiger partial charge in [-0.2, -0.15) is 4.31 Å². The predicted molar refractivity (Wildman–Crippen MR) is 74.4 cm³/mol. The van der Waals surface area contributed by atoms with E-state index in [9.17, 15) is 8.42 Å². The molecule has 2 atom stereocenters. The summed E-state index contributed by atoms with van der Waals surface area (Å²) in [4.78, 5) is 4.22. The summed E-state index contributed by atoms with van der Waals surface area (Å²) in [5.41, 5.74) is 2.33. The SMILES string of the molecule is O=S(=O)(c1cccnc1)N1C2CCC1c1ccccc12. The van der Waals surface area contributed by atoms with Gasteiger partial charge < -0.3 is 0 Å². The highest BCUT2D eigenvalue weighted by Gasteiger charge is 2.49. The highest BCUT2D eigenvalue weighted by molar-refractivity contribution is 7.89. The summed E-state index contributed by atoms with van der Waals surface area (Å²) >= 11 is 0. The summed E-state index contributed by atoms with van der Waals surface area (Å²) in [5.74, 6) is 0. The van der Waals surface area contributed by atoms with E-state index in [0.717, 1.165) is 24.0 Å². The molecule has 5 heteroatoms. The van der Waals surface area contributed by atoms with Gasteiger partial charge in [-0.05, 0) is 36.1 Å². The monoisotopic (exact) mass is 286 g/mol. The summed E-state index contributed by atoms with van der Waals surface area (Å²) in [5, 5.41) is 0. The van der Waals surface area contributed by atoms with Crippen molar-refractivity contribution in [2.75, 3.05) is 0 Å². The molecule has 0 saturated carbocycles. The number of nitrogens with zero attached hydrogens (tertiary/aromatic N) is 2. The van der Waals surface area contributed by atoms with Gasteiger partial charge in [0.05, 0.1) is 12.1 Å². The number of aromatic nitrogens is 1. The average molecular weight is 286 g/mol. The smallest absolute Gasteiger partial charge is 0.245 e. The number of hydrogen-bond donors (Lipinski definition) is 0. The van der Waals surface area contributed by atoms with Gasteiger partial charge in [-0.1, -0.05) is 24.3 Å². The second-order valence-corrected chi connectivity index (χ2v) is 7.10. The van der Waals surface area contributed by atoms with Crippen LogP contribution in [-0.2, 0) is 10.0 Å². The van der Waals surface area contributed by atoms with Gasteiger partial charge in [0.2, 0.25) is 10.0 Å². The normalized spacial score (nSPS) is 24.8. The maximum absolute atomic E-state index is 12.8. The lowest BCUT2D eigenvalue weighted by atomic mass is 9.92. The fourth-order valence-corrected chi connectivity index (χ4v) is 5.24. The lowest BCUT2D eigenvalue weighted by molar-refractivity contribution is 0.365. The molecule has 2 aliphatic heterocycles. The molecule has 102 valence electrons. The number of benzene rings is 1. The molecule has 0 radical (unpaired) electrons. The van der Waals surface area contributed by atoms with Crippen molar-refractivity contribution in [2.45, 2.75) is 29.8 Å². The third kappa shape index (κ3) is 1.50. The zero-order valence-electron chi connectivity index (χ0n) is 10.8. The van der Waals surface area contributed by atoms with Crippen molar-refractivity contribution in [1.82, 2.24) is 9.29 Å². The first-order valence-electron chi connectivity index (χ1n) is 6.72. The lowest BCUT2D eigenvalue weighted by Crippen LogP contribution is -2.28. The molecule has 2 bridgehead atoms. The van der Waals surface area contributed by atoms with Crippen molar-refractivity contribution in [2.24, 2.45) is 0 Å². The molecular weight excluding hydrogens is 272 g/mol. The molecule has 1 saturated heterocycles. The summed E-state index contributed by atoms with van der Waals surface area (Å²) in [6.07, 6.45) is 4.83. The summed E-state index contributed by atoms with van der Waals surface area (Å²) in [6.45, 7) is 0. The van der Waals surface area contributed by atoms with Gasteiger partial charge in [-0.15, -0.1) is 0 Å². The fraction of sp³-hybridized carbons (Fsp3) is 0.267. The first kappa shape index (κ1) is 12.1. The highest BCUT2D eigenvalue weighted by Crippen LogP contribution is 2.55. The summed E-state index contributed by atoms with van der Waals surface area (Å²) in [7, 11) is -3.47. The van der Waals surface area contributed by atoms with E-state index in [1.807, 2.05) is 24.3 Å². The van der Waals surface area contributed by atoms with Crippen LogP contribution in [0.15, 0.2) is 53.7 Å². The Morgan fingerprint density at radius 1 is 1.00 bits per heavy atom. The molecule has 2 aromatic rings. The molecule has 20 heavy (non-hydrogen) atoms. The third-order valence-electron chi connectivity index (χ3n) is 4.25. The Bertz CT molecular complexity index is 727. The molecule has 0 aliphatic carbocycles. The quantitative estimate of drug-likeness (QED) is 0.853. The minimum absolute atomic E-state index is 0.0126. The Balaban J connectivity index is 1.83. The second kappa shape index (κ2) is 4.14. The summed E-state index contributed by atoms with van der Waals surface area (Å²) in [6, 6.07) is 11.3. The lowest BCUT2D eigenvalue weighted by Gasteiger charge is -2.21. The standard InChI is InChI=1S/C15H14N2O2S/c18-20(19,11-4-3-9-16-10-11)17-14-7-8-15(17)13-6-2-1-5-12(13)14/h1-6,9-10,14-15H,7-8H2. The van der Waals surface area contributed by atoms with E-state index in [4.69, 9.17) is 0 Å². The van der Waals surface area contributed by atoms with E-state index >= 15 is 0 Å². The van der Waals surface area contributed by atoms with E-state index in [1.165, 1.54) is 6.20 Å². The topological polar surface area (TPSA) is 50.3 Å². The molecule has 4 rings (SSSR count). The molecule has 0 spiro atoms. The van der Waals surface area contributed by atoms with Crippen molar-refractivity contribution in [3.8, 4) is 0 Å². The number of rotatable bonds is 2.